The van der Waals surface area contributed by atoms with Crippen LogP contribution in [0.3, 0.4) is 0 Å². The average Bonchev–Trinajstić information content (AvgIpc) is 3.15. The zero-order valence-corrected chi connectivity index (χ0v) is 19.5. The van der Waals surface area contributed by atoms with E-state index in [2.05, 4.69) is 5.32 Å². The van der Waals surface area contributed by atoms with Gasteiger partial charge in [0.25, 0.3) is 11.8 Å². The highest BCUT2D eigenvalue weighted by Crippen LogP contribution is 2.37. The third kappa shape index (κ3) is 4.57. The number of nitrogens with one attached hydrogen (secondary N) is 1. The molecule has 3 aromatic carbocycles. The second kappa shape index (κ2) is 9.23. The van der Waals surface area contributed by atoms with Gasteiger partial charge in [-0.15, -0.1) is 11.3 Å². The van der Waals surface area contributed by atoms with Gasteiger partial charge >= 0.3 is 5.97 Å². The van der Waals surface area contributed by atoms with E-state index >= 15 is 0 Å². The van der Waals surface area contributed by atoms with Crippen LogP contribution in [0.15, 0.2) is 66.7 Å². The van der Waals surface area contributed by atoms with Gasteiger partial charge in [0.05, 0.1) is 16.3 Å². The molecule has 2 N–H and O–H groups in total. The largest absolute Gasteiger partial charge is 0.478 e. The van der Waals surface area contributed by atoms with Crippen LogP contribution in [0.2, 0.25) is 10.0 Å². The van der Waals surface area contributed by atoms with Crippen LogP contribution in [0.5, 0.6) is 0 Å². The van der Waals surface area contributed by atoms with E-state index in [9.17, 15) is 19.5 Å². The molecular weight excluding hydrogens is 483 g/mol. The summed E-state index contributed by atoms with van der Waals surface area (Å²) in [7, 11) is 1.45. The number of carboxylic acids is 1. The molecular formula is C24H16Cl2N2O4S. The molecule has 4 rings (SSSR count). The van der Waals surface area contributed by atoms with E-state index in [1.807, 2.05) is 24.3 Å². The topological polar surface area (TPSA) is 86.7 Å². The summed E-state index contributed by atoms with van der Waals surface area (Å²) in [5, 5.41) is 14.0. The monoisotopic (exact) mass is 498 g/mol. The van der Waals surface area contributed by atoms with Crippen molar-refractivity contribution in [2.45, 2.75) is 0 Å². The van der Waals surface area contributed by atoms with Gasteiger partial charge < -0.3 is 15.3 Å². The molecule has 0 spiro atoms. The molecule has 0 aliphatic heterocycles. The van der Waals surface area contributed by atoms with Crippen LogP contribution < -0.4 is 10.2 Å². The third-order valence-electron chi connectivity index (χ3n) is 4.99. The zero-order valence-electron chi connectivity index (χ0n) is 17.1. The maximum atomic E-state index is 13.3. The number of benzene rings is 3. The molecule has 1 aromatic heterocycles. The van der Waals surface area contributed by atoms with E-state index in [0.29, 0.717) is 15.7 Å². The number of carboxylic acid groups (broad SMARTS) is 1. The Morgan fingerprint density at radius 2 is 1.67 bits per heavy atom. The maximum Gasteiger partial charge on any atom is 0.337 e. The first-order valence-electron chi connectivity index (χ1n) is 9.65. The number of amides is 2. The normalized spacial score (nSPS) is 10.8. The van der Waals surface area contributed by atoms with E-state index in [0.717, 1.165) is 10.1 Å². The maximum absolute atomic E-state index is 13.3. The summed E-state index contributed by atoms with van der Waals surface area (Å²) in [6, 6.07) is 18.0. The zero-order chi connectivity index (χ0) is 23.7. The Morgan fingerprint density at radius 3 is 2.33 bits per heavy atom. The summed E-state index contributed by atoms with van der Waals surface area (Å²) >= 11 is 13.5. The number of aromatic carboxylic acids is 1. The van der Waals surface area contributed by atoms with Crippen molar-refractivity contribution in [3.8, 4) is 0 Å². The van der Waals surface area contributed by atoms with Crippen molar-refractivity contribution in [3.63, 3.8) is 0 Å². The second-order valence-corrected chi connectivity index (χ2v) is 8.97. The minimum absolute atomic E-state index is 0.0739. The van der Waals surface area contributed by atoms with Crippen LogP contribution in [0.1, 0.15) is 30.4 Å². The van der Waals surface area contributed by atoms with Gasteiger partial charge in [-0.05, 0) is 48.5 Å². The molecule has 1 heterocycles. The fourth-order valence-corrected chi connectivity index (χ4v) is 4.89. The van der Waals surface area contributed by atoms with Gasteiger partial charge in [0.2, 0.25) is 0 Å². The van der Waals surface area contributed by atoms with Crippen LogP contribution in [-0.2, 0) is 0 Å². The lowest BCUT2D eigenvalue weighted by Crippen LogP contribution is -2.28. The first kappa shape index (κ1) is 22.8. The number of carbonyl (C=O) groups excluding carboxylic acids is 2. The molecule has 4 aromatic rings. The molecule has 0 fully saturated rings. The lowest BCUT2D eigenvalue weighted by molar-refractivity contribution is 0.0697. The van der Waals surface area contributed by atoms with Crippen molar-refractivity contribution >= 4 is 73.8 Å². The fourth-order valence-electron chi connectivity index (χ4n) is 3.28. The van der Waals surface area contributed by atoms with Crippen molar-refractivity contribution in [3.05, 3.63) is 92.8 Å². The number of halogens is 2. The number of hydrogen-bond acceptors (Lipinski definition) is 4. The number of carbonyl (C=O) groups is 3. The Morgan fingerprint density at radius 1 is 0.970 bits per heavy atom. The van der Waals surface area contributed by atoms with Crippen molar-refractivity contribution in [2.75, 3.05) is 17.3 Å². The van der Waals surface area contributed by atoms with Crippen LogP contribution in [0.25, 0.3) is 10.1 Å². The first-order chi connectivity index (χ1) is 15.8. The summed E-state index contributed by atoms with van der Waals surface area (Å²) in [5.41, 5.74) is 0.665. The number of anilines is 2. The number of hydrogen-bond donors (Lipinski definition) is 2. The Bertz CT molecular complexity index is 1400. The predicted octanol–water partition coefficient (Wildman–Crippen LogP) is 6.44. The van der Waals surface area contributed by atoms with Crippen molar-refractivity contribution < 1.29 is 19.5 Å². The highest BCUT2D eigenvalue weighted by atomic mass is 35.5. The van der Waals surface area contributed by atoms with Gasteiger partial charge in [0.15, 0.2) is 0 Å². The number of nitrogens with zero attached hydrogens (tertiary/aromatic N) is 1. The summed E-state index contributed by atoms with van der Waals surface area (Å²) < 4.78 is 0.841. The lowest BCUT2D eigenvalue weighted by atomic mass is 10.1. The number of thiophene rings is 1. The summed E-state index contributed by atoms with van der Waals surface area (Å²) in [6.45, 7) is 0. The molecule has 0 aliphatic rings. The molecule has 0 bridgehead atoms. The molecule has 6 nitrogen and oxygen atoms in total. The molecule has 0 saturated heterocycles. The third-order valence-corrected chi connectivity index (χ3v) is 6.90. The van der Waals surface area contributed by atoms with Crippen molar-refractivity contribution in [1.29, 1.82) is 0 Å². The summed E-state index contributed by atoms with van der Waals surface area (Å²) in [6.07, 6.45) is 0. The Hall–Kier alpha value is -3.39. The fraction of sp³-hybridized carbons (Fsp3) is 0.0417. The molecule has 2 amide bonds. The standard InChI is InChI=1S/C24H16Cl2N2O4S/c1-28(23(30)21-20(26)17-4-2-3-5-19(17)33-21)18-12-13(6-11-16(18)24(31)32)22(29)27-15-9-7-14(25)8-10-15/h2-12H,1H3,(H,27,29)(H,31,32). The SMILES string of the molecule is CN(C(=O)c1sc2ccccc2c1Cl)c1cc(C(=O)Nc2ccc(Cl)cc2)ccc1C(=O)O. The molecule has 0 aliphatic carbocycles. The molecule has 0 unspecified atom stereocenters. The van der Waals surface area contributed by atoms with Crippen LogP contribution >= 0.6 is 34.5 Å². The number of rotatable bonds is 5. The van der Waals surface area contributed by atoms with Gasteiger partial charge in [-0.3, -0.25) is 9.59 Å². The van der Waals surface area contributed by atoms with Crippen LogP contribution in [0, 0.1) is 0 Å². The summed E-state index contributed by atoms with van der Waals surface area (Å²) in [5.74, 6) is -2.16. The van der Waals surface area contributed by atoms with Gasteiger partial charge in [-0.25, -0.2) is 4.79 Å². The van der Waals surface area contributed by atoms with Crippen LogP contribution in [-0.4, -0.2) is 29.9 Å². The molecule has 0 radical (unpaired) electrons. The minimum atomic E-state index is -1.23. The molecule has 33 heavy (non-hydrogen) atoms. The quantitative estimate of drug-likeness (QED) is 0.331. The van der Waals surface area contributed by atoms with E-state index in [1.165, 1.54) is 41.5 Å². The highest BCUT2D eigenvalue weighted by Gasteiger charge is 2.25. The molecule has 0 atom stereocenters. The molecule has 0 saturated carbocycles. The van der Waals surface area contributed by atoms with E-state index in [1.54, 1.807) is 24.3 Å². The minimum Gasteiger partial charge on any atom is -0.478 e. The smallest absolute Gasteiger partial charge is 0.337 e. The van der Waals surface area contributed by atoms with E-state index in [-0.39, 0.29) is 21.7 Å². The lowest BCUT2D eigenvalue weighted by Gasteiger charge is -2.20. The van der Waals surface area contributed by atoms with Crippen LogP contribution in [0.4, 0.5) is 11.4 Å². The van der Waals surface area contributed by atoms with Gasteiger partial charge in [0, 0.05) is 33.4 Å². The Kier molecular flexibility index (Phi) is 6.37. The van der Waals surface area contributed by atoms with E-state index < -0.39 is 17.8 Å². The van der Waals surface area contributed by atoms with Gasteiger partial charge in [-0.2, -0.15) is 0 Å². The number of fused-ring (bicyclic) bond motifs is 1. The predicted molar refractivity (Wildman–Crippen MR) is 132 cm³/mol. The Labute approximate surface area is 203 Å². The van der Waals surface area contributed by atoms with Crippen molar-refractivity contribution in [1.82, 2.24) is 0 Å². The molecule has 9 heteroatoms. The Balaban J connectivity index is 1.69. The second-order valence-electron chi connectivity index (χ2n) is 7.10. The van der Waals surface area contributed by atoms with Crippen molar-refractivity contribution in [2.24, 2.45) is 0 Å². The first-order valence-corrected chi connectivity index (χ1v) is 11.2. The van der Waals surface area contributed by atoms with Gasteiger partial charge in [-0.1, -0.05) is 41.4 Å². The molecule has 166 valence electrons. The van der Waals surface area contributed by atoms with E-state index in [4.69, 9.17) is 23.2 Å². The summed E-state index contributed by atoms with van der Waals surface area (Å²) in [4.78, 5) is 39.3. The highest BCUT2D eigenvalue weighted by molar-refractivity contribution is 7.21. The average molecular weight is 499 g/mol. The van der Waals surface area contributed by atoms with Gasteiger partial charge in [0.1, 0.15) is 4.88 Å².